The maximum Gasteiger partial charge on any atom is 0.131 e. The van der Waals surface area contributed by atoms with Crippen molar-refractivity contribution in [3.8, 4) is 0 Å². The zero-order chi connectivity index (χ0) is 14.7. The van der Waals surface area contributed by atoms with Crippen molar-refractivity contribution in [2.24, 2.45) is 0 Å². The summed E-state index contributed by atoms with van der Waals surface area (Å²) in [5.74, 6) is -0.387. The number of rotatable bonds is 4. The average Bonchev–Trinajstić information content (AvgIpc) is 2.37. The number of aromatic nitrogens is 1. The van der Waals surface area contributed by atoms with Gasteiger partial charge in [0, 0.05) is 24.0 Å². The number of benzene rings is 1. The molecule has 1 aromatic heterocycles. The summed E-state index contributed by atoms with van der Waals surface area (Å²) in [4.78, 5) is 6.33. The Morgan fingerprint density at radius 2 is 1.95 bits per heavy atom. The van der Waals surface area contributed by atoms with Gasteiger partial charge in [0.1, 0.15) is 5.82 Å². The summed E-state index contributed by atoms with van der Waals surface area (Å²) in [6.45, 7) is 4.07. The third-order valence-corrected chi connectivity index (χ3v) is 3.20. The molecule has 0 bridgehead atoms. The number of aliphatic hydroxyl groups is 1. The summed E-state index contributed by atoms with van der Waals surface area (Å²) < 4.78 is 13.9. The van der Waals surface area contributed by atoms with Crippen molar-refractivity contribution in [3.63, 3.8) is 0 Å². The topological polar surface area (TPSA) is 36.4 Å². The van der Waals surface area contributed by atoms with Gasteiger partial charge in [-0.2, -0.15) is 0 Å². The molecular weight excluding hydrogens is 255 g/mol. The first-order valence-electron chi connectivity index (χ1n) is 6.59. The molecule has 0 amide bonds. The Morgan fingerprint density at radius 1 is 1.25 bits per heavy atom. The van der Waals surface area contributed by atoms with Gasteiger partial charge < -0.3 is 10.0 Å². The quantitative estimate of drug-likeness (QED) is 0.930. The van der Waals surface area contributed by atoms with Gasteiger partial charge >= 0.3 is 0 Å². The predicted octanol–water partition coefficient (Wildman–Crippen LogP) is 3.22. The zero-order valence-corrected chi connectivity index (χ0v) is 12.0. The third kappa shape index (κ3) is 3.14. The highest BCUT2D eigenvalue weighted by Gasteiger charge is 2.16. The number of hydrogen-bond donors (Lipinski definition) is 1. The lowest BCUT2D eigenvalue weighted by Crippen LogP contribution is -2.20. The second kappa shape index (κ2) is 6.01. The van der Waals surface area contributed by atoms with Crippen LogP contribution in [0.4, 0.5) is 10.1 Å². The molecule has 0 fully saturated rings. The Balaban J connectivity index is 2.30. The molecule has 3 nitrogen and oxygen atoms in total. The summed E-state index contributed by atoms with van der Waals surface area (Å²) in [5.41, 5.74) is 2.87. The van der Waals surface area contributed by atoms with Gasteiger partial charge in [-0.1, -0.05) is 12.1 Å². The molecular formula is C16H19FN2O. The van der Waals surface area contributed by atoms with Crippen LogP contribution in [0.15, 0.2) is 36.4 Å². The maximum atomic E-state index is 13.9. The summed E-state index contributed by atoms with van der Waals surface area (Å²) >= 11 is 0. The molecule has 20 heavy (non-hydrogen) atoms. The van der Waals surface area contributed by atoms with Gasteiger partial charge in [-0.05, 0) is 38.1 Å². The molecule has 0 spiro atoms. The third-order valence-electron chi connectivity index (χ3n) is 3.20. The lowest BCUT2D eigenvalue weighted by atomic mass is 10.1. The van der Waals surface area contributed by atoms with E-state index in [0.29, 0.717) is 17.8 Å². The van der Waals surface area contributed by atoms with Crippen LogP contribution in [-0.4, -0.2) is 17.1 Å². The fraction of sp³-hybridized carbons (Fsp3) is 0.312. The Kier molecular flexibility index (Phi) is 4.35. The summed E-state index contributed by atoms with van der Waals surface area (Å²) in [5, 5.41) is 9.76. The SMILES string of the molecule is Cc1cccc(CN(C)c2cccc(F)c2[C@H](C)O)n1. The van der Waals surface area contributed by atoms with Gasteiger partial charge in [0.25, 0.3) is 0 Å². The molecule has 1 atom stereocenters. The van der Waals surface area contributed by atoms with Crippen LogP contribution < -0.4 is 4.90 Å². The molecule has 0 aliphatic heterocycles. The molecule has 1 heterocycles. The van der Waals surface area contributed by atoms with E-state index in [-0.39, 0.29) is 5.82 Å². The fourth-order valence-electron chi connectivity index (χ4n) is 2.29. The van der Waals surface area contributed by atoms with E-state index in [1.54, 1.807) is 19.1 Å². The molecule has 2 rings (SSSR count). The molecule has 2 aromatic rings. The van der Waals surface area contributed by atoms with Crippen molar-refractivity contribution in [2.45, 2.75) is 26.5 Å². The van der Waals surface area contributed by atoms with Crippen LogP contribution in [-0.2, 0) is 6.54 Å². The Hall–Kier alpha value is -1.94. The van der Waals surface area contributed by atoms with Crippen molar-refractivity contribution in [3.05, 3.63) is 59.2 Å². The summed E-state index contributed by atoms with van der Waals surface area (Å²) in [6, 6.07) is 10.6. The summed E-state index contributed by atoms with van der Waals surface area (Å²) in [6.07, 6.45) is -0.848. The normalized spacial score (nSPS) is 12.2. The predicted molar refractivity (Wildman–Crippen MR) is 78.1 cm³/mol. The fourth-order valence-corrected chi connectivity index (χ4v) is 2.29. The van der Waals surface area contributed by atoms with E-state index in [2.05, 4.69) is 4.98 Å². The number of aryl methyl sites for hydroxylation is 1. The number of nitrogens with zero attached hydrogens (tertiary/aromatic N) is 2. The van der Waals surface area contributed by atoms with Crippen molar-refractivity contribution in [2.75, 3.05) is 11.9 Å². The first-order chi connectivity index (χ1) is 9.49. The minimum atomic E-state index is -0.848. The average molecular weight is 274 g/mol. The molecule has 1 aromatic carbocycles. The van der Waals surface area contributed by atoms with Crippen LogP contribution in [0.3, 0.4) is 0 Å². The van der Waals surface area contributed by atoms with Crippen LogP contribution in [0.1, 0.15) is 30.0 Å². The zero-order valence-electron chi connectivity index (χ0n) is 12.0. The first kappa shape index (κ1) is 14.5. The Morgan fingerprint density at radius 3 is 2.60 bits per heavy atom. The standard InChI is InChI=1S/C16H19FN2O/c1-11-6-4-7-13(18-11)10-19(3)15-9-5-8-14(17)16(15)12(2)20/h4-9,12,20H,10H2,1-3H3/t12-/m0/s1. The van der Waals surface area contributed by atoms with E-state index in [9.17, 15) is 9.50 Å². The molecule has 0 saturated heterocycles. The van der Waals surface area contributed by atoms with Gasteiger partial charge in [0.2, 0.25) is 0 Å². The molecule has 0 radical (unpaired) electrons. The second-order valence-corrected chi connectivity index (χ2v) is 4.97. The lowest BCUT2D eigenvalue weighted by Gasteiger charge is -2.23. The number of pyridine rings is 1. The molecule has 0 saturated carbocycles. The summed E-state index contributed by atoms with van der Waals surface area (Å²) in [7, 11) is 1.87. The van der Waals surface area contributed by atoms with E-state index >= 15 is 0 Å². The van der Waals surface area contributed by atoms with Crippen LogP contribution in [0, 0.1) is 12.7 Å². The molecule has 0 aliphatic rings. The van der Waals surface area contributed by atoms with Gasteiger partial charge in [-0.3, -0.25) is 4.98 Å². The van der Waals surface area contributed by atoms with Crippen LogP contribution in [0.5, 0.6) is 0 Å². The number of anilines is 1. The number of hydrogen-bond acceptors (Lipinski definition) is 3. The minimum absolute atomic E-state index is 0.322. The van der Waals surface area contributed by atoms with Gasteiger partial charge in [0.15, 0.2) is 0 Å². The van der Waals surface area contributed by atoms with Crippen LogP contribution in [0.2, 0.25) is 0 Å². The van der Waals surface area contributed by atoms with E-state index < -0.39 is 6.10 Å². The largest absolute Gasteiger partial charge is 0.389 e. The minimum Gasteiger partial charge on any atom is -0.389 e. The highest BCUT2D eigenvalue weighted by molar-refractivity contribution is 5.54. The van der Waals surface area contributed by atoms with Crippen molar-refractivity contribution < 1.29 is 9.50 Å². The number of halogens is 1. The van der Waals surface area contributed by atoms with Gasteiger partial charge in [-0.15, -0.1) is 0 Å². The van der Waals surface area contributed by atoms with Crippen LogP contribution in [0.25, 0.3) is 0 Å². The van der Waals surface area contributed by atoms with E-state index in [0.717, 1.165) is 11.4 Å². The molecule has 106 valence electrons. The second-order valence-electron chi connectivity index (χ2n) is 4.97. The Bertz CT molecular complexity index is 599. The lowest BCUT2D eigenvalue weighted by molar-refractivity contribution is 0.194. The number of aliphatic hydroxyl groups excluding tert-OH is 1. The molecule has 4 heteroatoms. The van der Waals surface area contributed by atoms with Crippen molar-refractivity contribution in [1.29, 1.82) is 0 Å². The highest BCUT2D eigenvalue weighted by Crippen LogP contribution is 2.28. The molecule has 0 unspecified atom stereocenters. The van der Waals surface area contributed by atoms with E-state index in [1.807, 2.05) is 37.1 Å². The highest BCUT2D eigenvalue weighted by atomic mass is 19.1. The smallest absolute Gasteiger partial charge is 0.131 e. The van der Waals surface area contributed by atoms with Gasteiger partial charge in [0.05, 0.1) is 18.3 Å². The molecule has 0 aliphatic carbocycles. The molecule has 1 N–H and O–H groups in total. The Labute approximate surface area is 118 Å². The van der Waals surface area contributed by atoms with Crippen molar-refractivity contribution >= 4 is 5.69 Å². The van der Waals surface area contributed by atoms with E-state index in [1.165, 1.54) is 6.07 Å². The maximum absolute atomic E-state index is 13.9. The van der Waals surface area contributed by atoms with Gasteiger partial charge in [-0.25, -0.2) is 4.39 Å². The van der Waals surface area contributed by atoms with E-state index in [4.69, 9.17) is 0 Å². The monoisotopic (exact) mass is 274 g/mol. The first-order valence-corrected chi connectivity index (χ1v) is 6.59. The van der Waals surface area contributed by atoms with Crippen molar-refractivity contribution in [1.82, 2.24) is 4.98 Å². The van der Waals surface area contributed by atoms with Crippen LogP contribution >= 0.6 is 0 Å².